The lowest BCUT2D eigenvalue weighted by molar-refractivity contribution is 0.00821. The van der Waals surface area contributed by atoms with Crippen molar-refractivity contribution in [1.82, 2.24) is 19.5 Å². The molecule has 0 saturated carbocycles. The van der Waals surface area contributed by atoms with E-state index in [4.69, 9.17) is 21.3 Å². The molecule has 3 aromatic rings. The van der Waals surface area contributed by atoms with Crippen molar-refractivity contribution in [3.05, 3.63) is 65.2 Å². The van der Waals surface area contributed by atoms with Crippen molar-refractivity contribution in [2.45, 2.75) is 71.4 Å². The van der Waals surface area contributed by atoms with Crippen molar-refractivity contribution in [3.8, 4) is 11.3 Å². The Morgan fingerprint density at radius 3 is 2.42 bits per heavy atom. The number of carbonyl (C=O) groups excluding carboxylic acids is 3. The van der Waals surface area contributed by atoms with Crippen LogP contribution in [0.15, 0.2) is 42.6 Å². The van der Waals surface area contributed by atoms with Crippen molar-refractivity contribution in [2.24, 2.45) is 5.73 Å². The van der Waals surface area contributed by atoms with Crippen LogP contribution in [0.5, 0.6) is 0 Å². The quantitative estimate of drug-likeness (QED) is 0.381. The number of nitrogens with zero attached hydrogens (tertiary/aromatic N) is 4. The number of amides is 3. The molecule has 1 aromatic carbocycles. The molecular formula is C29H37N7O4. The monoisotopic (exact) mass is 547 g/mol. The van der Waals surface area contributed by atoms with Gasteiger partial charge in [0, 0.05) is 23.9 Å². The van der Waals surface area contributed by atoms with E-state index in [9.17, 15) is 14.4 Å². The Hall–Kier alpha value is -4.41. The van der Waals surface area contributed by atoms with E-state index < -0.39 is 23.6 Å². The largest absolute Gasteiger partial charge is 0.444 e. The van der Waals surface area contributed by atoms with Crippen LogP contribution in [0.4, 0.5) is 10.6 Å². The fourth-order valence-corrected chi connectivity index (χ4v) is 4.70. The number of nitrogens with two attached hydrogens (primary N) is 2. The molecule has 1 atom stereocenters. The third kappa shape index (κ3) is 6.24. The molecule has 2 aromatic heterocycles. The van der Waals surface area contributed by atoms with E-state index in [-0.39, 0.29) is 17.3 Å². The van der Waals surface area contributed by atoms with Gasteiger partial charge in [0.2, 0.25) is 0 Å². The Labute approximate surface area is 233 Å². The second-order valence-corrected chi connectivity index (χ2v) is 11.2. The summed E-state index contributed by atoms with van der Waals surface area (Å²) in [6, 6.07) is 9.89. The highest BCUT2D eigenvalue weighted by molar-refractivity contribution is 6.04. The fraction of sp³-hybridized carbons (Fsp3) is 0.414. The lowest BCUT2D eigenvalue weighted by atomic mass is 10.0. The number of anilines is 1. The van der Waals surface area contributed by atoms with Gasteiger partial charge < -0.3 is 21.6 Å². The summed E-state index contributed by atoms with van der Waals surface area (Å²) in [4.78, 5) is 48.9. The topological polar surface area (TPSA) is 158 Å². The van der Waals surface area contributed by atoms with Gasteiger partial charge in [-0.25, -0.2) is 19.4 Å². The normalized spacial score (nSPS) is 15.7. The number of hydrogen-bond donors (Lipinski definition) is 3. The second-order valence-electron chi connectivity index (χ2n) is 11.2. The molecule has 40 heavy (non-hydrogen) atoms. The molecule has 5 N–H and O–H groups in total. The van der Waals surface area contributed by atoms with E-state index >= 15 is 0 Å². The van der Waals surface area contributed by atoms with Crippen LogP contribution in [0.25, 0.3) is 11.3 Å². The maximum atomic E-state index is 13.0. The lowest BCUT2D eigenvalue weighted by Crippen LogP contribution is -2.43. The first-order valence-electron chi connectivity index (χ1n) is 13.4. The number of rotatable bonds is 6. The van der Waals surface area contributed by atoms with Crippen LogP contribution in [-0.4, -0.2) is 49.6 Å². The van der Waals surface area contributed by atoms with Crippen molar-refractivity contribution in [3.63, 3.8) is 0 Å². The number of carbonyl (C=O) groups is 3. The highest BCUT2D eigenvalue weighted by Crippen LogP contribution is 2.34. The van der Waals surface area contributed by atoms with Crippen LogP contribution in [0.3, 0.4) is 0 Å². The third-order valence-electron chi connectivity index (χ3n) is 6.71. The molecule has 1 saturated heterocycles. The zero-order valence-corrected chi connectivity index (χ0v) is 23.6. The van der Waals surface area contributed by atoms with Crippen LogP contribution in [0.2, 0.25) is 0 Å². The van der Waals surface area contributed by atoms with Crippen molar-refractivity contribution in [1.29, 1.82) is 0 Å². The molecule has 3 amide bonds. The Morgan fingerprint density at radius 2 is 1.80 bits per heavy atom. The minimum Gasteiger partial charge on any atom is -0.444 e. The van der Waals surface area contributed by atoms with Gasteiger partial charge >= 0.3 is 6.09 Å². The number of aromatic nitrogens is 3. The number of nitrogens with one attached hydrogen (secondary N) is 1. The number of primary amides is 1. The number of benzene rings is 1. The molecule has 212 valence electrons. The van der Waals surface area contributed by atoms with E-state index in [0.717, 1.165) is 18.4 Å². The summed E-state index contributed by atoms with van der Waals surface area (Å²) >= 11 is 0. The summed E-state index contributed by atoms with van der Waals surface area (Å²) in [6.07, 6.45) is 3.48. The highest BCUT2D eigenvalue weighted by atomic mass is 16.6. The molecular weight excluding hydrogens is 510 g/mol. The van der Waals surface area contributed by atoms with Gasteiger partial charge in [-0.15, -0.1) is 0 Å². The standard InChI is InChI=1S/C29H37N7O4/c1-17(2)20-13-14-32-22(16-20)33-27(38)19-11-9-18(10-12-19)23-24(25(30)37)36(31)26(34-23)21-8-6-7-15-35(21)28(39)40-29(3,4)5/h9-14,16-17,21H,6-8,15,31H2,1-5H3,(H2,30,37)(H,32,33,38)/t21-/m0/s1. The summed E-state index contributed by atoms with van der Waals surface area (Å²) in [7, 11) is 0. The number of nitrogen functional groups attached to an aromatic ring is 1. The van der Waals surface area contributed by atoms with E-state index in [1.54, 1.807) is 56.1 Å². The van der Waals surface area contributed by atoms with Crippen LogP contribution in [0.1, 0.15) is 98.1 Å². The van der Waals surface area contributed by atoms with Crippen LogP contribution in [-0.2, 0) is 4.74 Å². The molecule has 0 aliphatic carbocycles. The SMILES string of the molecule is CC(C)c1ccnc(NC(=O)c2ccc(-c3nc([C@@H]4CCCCN4C(=O)OC(C)(C)C)n(N)c3C(N)=O)cc2)c1. The first-order valence-corrected chi connectivity index (χ1v) is 13.4. The fourth-order valence-electron chi connectivity index (χ4n) is 4.70. The maximum Gasteiger partial charge on any atom is 0.410 e. The Kier molecular flexibility index (Phi) is 8.13. The zero-order valence-electron chi connectivity index (χ0n) is 23.6. The van der Waals surface area contributed by atoms with Gasteiger partial charge in [0.25, 0.3) is 11.8 Å². The molecule has 11 nitrogen and oxygen atoms in total. The molecule has 0 spiro atoms. The summed E-state index contributed by atoms with van der Waals surface area (Å²) in [5.41, 5.74) is 7.35. The van der Waals surface area contributed by atoms with Gasteiger partial charge in [-0.2, -0.15) is 0 Å². The smallest absolute Gasteiger partial charge is 0.410 e. The zero-order chi connectivity index (χ0) is 29.2. The van der Waals surface area contributed by atoms with E-state index in [0.29, 0.717) is 41.7 Å². The van der Waals surface area contributed by atoms with Gasteiger partial charge in [-0.3, -0.25) is 14.5 Å². The molecule has 3 heterocycles. The predicted octanol–water partition coefficient (Wildman–Crippen LogP) is 4.60. The minimum absolute atomic E-state index is 0.0108. The number of pyridine rings is 1. The van der Waals surface area contributed by atoms with Gasteiger partial charge in [0.15, 0.2) is 11.5 Å². The Morgan fingerprint density at radius 1 is 1.10 bits per heavy atom. The molecule has 1 aliphatic rings. The first-order chi connectivity index (χ1) is 18.9. The Bertz CT molecular complexity index is 1410. The number of ether oxygens (including phenoxy) is 1. The van der Waals surface area contributed by atoms with Crippen LogP contribution < -0.4 is 16.9 Å². The lowest BCUT2D eigenvalue weighted by Gasteiger charge is -2.36. The van der Waals surface area contributed by atoms with Gasteiger partial charge in [-0.1, -0.05) is 26.0 Å². The summed E-state index contributed by atoms with van der Waals surface area (Å²) in [5.74, 6) is 6.39. The molecule has 4 rings (SSSR count). The van der Waals surface area contributed by atoms with Gasteiger partial charge in [0.05, 0.1) is 6.04 Å². The molecule has 1 aliphatic heterocycles. The molecule has 1 fully saturated rings. The first kappa shape index (κ1) is 28.6. The van der Waals surface area contributed by atoms with Crippen LogP contribution in [0, 0.1) is 0 Å². The van der Waals surface area contributed by atoms with E-state index in [2.05, 4.69) is 24.1 Å². The number of piperidine rings is 1. The summed E-state index contributed by atoms with van der Waals surface area (Å²) in [5, 5.41) is 2.82. The van der Waals surface area contributed by atoms with Gasteiger partial charge in [-0.05, 0) is 75.8 Å². The average molecular weight is 548 g/mol. The number of hydrogen-bond acceptors (Lipinski definition) is 7. The summed E-state index contributed by atoms with van der Waals surface area (Å²) in [6.45, 7) is 10.0. The maximum absolute atomic E-state index is 13.0. The number of likely N-dealkylation sites (tertiary alicyclic amines) is 1. The van der Waals surface area contributed by atoms with Crippen molar-refractivity contribution in [2.75, 3.05) is 17.7 Å². The van der Waals surface area contributed by atoms with E-state index in [1.165, 1.54) is 4.68 Å². The third-order valence-corrected chi connectivity index (χ3v) is 6.71. The molecule has 11 heteroatoms. The molecule has 0 bridgehead atoms. The predicted molar refractivity (Wildman–Crippen MR) is 152 cm³/mol. The Balaban J connectivity index is 1.62. The molecule has 0 radical (unpaired) electrons. The average Bonchev–Trinajstić information content (AvgIpc) is 3.25. The van der Waals surface area contributed by atoms with Gasteiger partial charge in [0.1, 0.15) is 17.1 Å². The second kappa shape index (κ2) is 11.4. The minimum atomic E-state index is -0.756. The highest BCUT2D eigenvalue weighted by Gasteiger charge is 2.36. The van der Waals surface area contributed by atoms with Crippen LogP contribution >= 0.6 is 0 Å². The number of imidazole rings is 1. The van der Waals surface area contributed by atoms with Crippen molar-refractivity contribution >= 4 is 23.7 Å². The van der Waals surface area contributed by atoms with E-state index in [1.807, 2.05) is 12.1 Å². The molecule has 0 unspecified atom stereocenters. The van der Waals surface area contributed by atoms with Crippen molar-refractivity contribution < 1.29 is 19.1 Å². The summed E-state index contributed by atoms with van der Waals surface area (Å²) < 4.78 is 6.78.